The minimum Gasteiger partial charge on any atom is -0.496 e. The van der Waals surface area contributed by atoms with Crippen molar-refractivity contribution in [1.29, 1.82) is 0 Å². The van der Waals surface area contributed by atoms with Gasteiger partial charge < -0.3 is 9.72 Å². The summed E-state index contributed by atoms with van der Waals surface area (Å²) in [7, 11) is 1.65. The fourth-order valence-corrected chi connectivity index (χ4v) is 2.00. The average molecular weight is 332 g/mol. The maximum Gasteiger partial charge on any atom is 0.174 e. The second kappa shape index (κ2) is 4.37. The molecular formula is C10H8Br2N2O. The van der Waals surface area contributed by atoms with Crippen LogP contribution in [-0.2, 0) is 0 Å². The molecule has 0 fully saturated rings. The molecule has 1 aromatic heterocycles. The van der Waals surface area contributed by atoms with Gasteiger partial charge in [-0.2, -0.15) is 0 Å². The Kier molecular flexibility index (Phi) is 3.11. The van der Waals surface area contributed by atoms with Crippen molar-refractivity contribution in [3.8, 4) is 17.0 Å². The van der Waals surface area contributed by atoms with Gasteiger partial charge in [-0.1, -0.05) is 15.9 Å². The van der Waals surface area contributed by atoms with Crippen LogP contribution in [0.1, 0.15) is 0 Å². The lowest BCUT2D eigenvalue weighted by Gasteiger charge is -2.06. The Bertz CT molecular complexity index is 482. The second-order valence-electron chi connectivity index (χ2n) is 2.93. The van der Waals surface area contributed by atoms with Crippen LogP contribution >= 0.6 is 31.9 Å². The normalized spacial score (nSPS) is 10.3. The Morgan fingerprint density at radius 2 is 2.13 bits per heavy atom. The van der Waals surface area contributed by atoms with Crippen molar-refractivity contribution in [3.63, 3.8) is 0 Å². The second-order valence-corrected chi connectivity index (χ2v) is 4.60. The van der Waals surface area contributed by atoms with Gasteiger partial charge in [0, 0.05) is 10.0 Å². The number of nitrogens with one attached hydrogen (secondary N) is 1. The predicted molar refractivity (Wildman–Crippen MR) is 66.0 cm³/mol. The molecule has 0 unspecified atom stereocenters. The Morgan fingerprint density at radius 3 is 2.73 bits per heavy atom. The number of imidazole rings is 1. The number of methoxy groups -OCH3 is 1. The zero-order valence-corrected chi connectivity index (χ0v) is 11.1. The third kappa shape index (κ3) is 2.23. The summed E-state index contributed by atoms with van der Waals surface area (Å²) >= 11 is 6.70. The molecule has 0 aliphatic rings. The number of ether oxygens (including phenoxy) is 1. The molecule has 78 valence electrons. The summed E-state index contributed by atoms with van der Waals surface area (Å²) in [5, 5.41) is 0. The third-order valence-corrected chi connectivity index (χ3v) is 2.89. The highest BCUT2D eigenvalue weighted by Gasteiger charge is 2.08. The third-order valence-electron chi connectivity index (χ3n) is 2.00. The van der Waals surface area contributed by atoms with Crippen molar-refractivity contribution in [2.75, 3.05) is 7.11 Å². The quantitative estimate of drug-likeness (QED) is 0.912. The van der Waals surface area contributed by atoms with Crippen LogP contribution in [0.2, 0.25) is 0 Å². The molecule has 0 amide bonds. The maximum absolute atomic E-state index is 5.28. The summed E-state index contributed by atoms with van der Waals surface area (Å²) in [6.07, 6.45) is 1.76. The van der Waals surface area contributed by atoms with Crippen molar-refractivity contribution < 1.29 is 4.74 Å². The smallest absolute Gasteiger partial charge is 0.174 e. The molecule has 0 atom stereocenters. The van der Waals surface area contributed by atoms with E-state index >= 15 is 0 Å². The summed E-state index contributed by atoms with van der Waals surface area (Å²) < 4.78 is 6.99. The van der Waals surface area contributed by atoms with E-state index in [2.05, 4.69) is 41.8 Å². The van der Waals surface area contributed by atoms with Crippen LogP contribution in [0.5, 0.6) is 5.75 Å². The molecule has 5 heteroatoms. The minimum absolute atomic E-state index is 0.708. The number of H-pyrrole nitrogens is 1. The fraction of sp³-hybridized carbons (Fsp3) is 0.100. The highest BCUT2D eigenvalue weighted by Crippen LogP contribution is 2.31. The average Bonchev–Trinajstić information content (AvgIpc) is 2.65. The van der Waals surface area contributed by atoms with Gasteiger partial charge in [-0.05, 0) is 34.1 Å². The van der Waals surface area contributed by atoms with Crippen LogP contribution in [0, 0.1) is 0 Å². The van der Waals surface area contributed by atoms with Crippen LogP contribution in [-0.4, -0.2) is 17.1 Å². The monoisotopic (exact) mass is 330 g/mol. The van der Waals surface area contributed by atoms with Crippen molar-refractivity contribution in [2.24, 2.45) is 0 Å². The van der Waals surface area contributed by atoms with Crippen LogP contribution in [0.3, 0.4) is 0 Å². The molecule has 1 N–H and O–H groups in total. The van der Waals surface area contributed by atoms with Gasteiger partial charge in [-0.3, -0.25) is 0 Å². The molecule has 0 aliphatic heterocycles. The number of nitrogens with zero attached hydrogens (tertiary/aromatic N) is 1. The van der Waals surface area contributed by atoms with E-state index in [4.69, 9.17) is 4.74 Å². The molecule has 0 saturated heterocycles. The van der Waals surface area contributed by atoms with E-state index in [9.17, 15) is 0 Å². The van der Waals surface area contributed by atoms with Gasteiger partial charge in [-0.15, -0.1) is 0 Å². The Morgan fingerprint density at radius 1 is 1.33 bits per heavy atom. The molecule has 0 spiro atoms. The van der Waals surface area contributed by atoms with Gasteiger partial charge in [0.05, 0.1) is 19.0 Å². The molecule has 1 aromatic carbocycles. The summed E-state index contributed by atoms with van der Waals surface area (Å²) in [5.74, 6) is 0.814. The van der Waals surface area contributed by atoms with E-state index in [0.717, 1.165) is 21.5 Å². The molecule has 2 rings (SSSR count). The largest absolute Gasteiger partial charge is 0.496 e. The van der Waals surface area contributed by atoms with Crippen molar-refractivity contribution >= 4 is 31.9 Å². The molecule has 2 aromatic rings. The van der Waals surface area contributed by atoms with Crippen molar-refractivity contribution in [1.82, 2.24) is 9.97 Å². The number of hydrogen-bond donors (Lipinski definition) is 1. The lowest BCUT2D eigenvalue weighted by Crippen LogP contribution is -1.87. The number of hydrogen-bond acceptors (Lipinski definition) is 2. The standard InChI is InChI=1S/C10H8Br2N2O/c1-15-9-3-2-6(11)4-7(9)8-5-13-10(12)14-8/h2-5H,1H3,(H,13,14). The Balaban J connectivity index is 2.55. The van der Waals surface area contributed by atoms with E-state index in [1.165, 1.54) is 0 Å². The summed E-state index contributed by atoms with van der Waals surface area (Å²) in [6.45, 7) is 0. The van der Waals surface area contributed by atoms with Gasteiger partial charge in [-0.25, -0.2) is 4.98 Å². The van der Waals surface area contributed by atoms with E-state index in [1.807, 2.05) is 18.2 Å². The van der Waals surface area contributed by atoms with Gasteiger partial charge in [0.25, 0.3) is 0 Å². The van der Waals surface area contributed by atoms with E-state index in [-0.39, 0.29) is 0 Å². The number of aromatic nitrogens is 2. The van der Waals surface area contributed by atoms with Crippen LogP contribution in [0.25, 0.3) is 11.3 Å². The minimum atomic E-state index is 0.708. The van der Waals surface area contributed by atoms with Crippen LogP contribution < -0.4 is 4.74 Å². The number of aromatic amines is 1. The zero-order chi connectivity index (χ0) is 10.8. The topological polar surface area (TPSA) is 37.9 Å². The summed E-state index contributed by atoms with van der Waals surface area (Å²) in [5.41, 5.74) is 1.89. The predicted octanol–water partition coefficient (Wildman–Crippen LogP) is 3.61. The molecule has 1 heterocycles. The first-order valence-corrected chi connectivity index (χ1v) is 5.83. The first-order valence-electron chi connectivity index (χ1n) is 4.25. The molecule has 0 bridgehead atoms. The number of benzene rings is 1. The van der Waals surface area contributed by atoms with Gasteiger partial charge >= 0.3 is 0 Å². The Hall–Kier alpha value is -0.810. The van der Waals surface area contributed by atoms with E-state index in [1.54, 1.807) is 13.3 Å². The van der Waals surface area contributed by atoms with Crippen molar-refractivity contribution in [3.05, 3.63) is 33.6 Å². The van der Waals surface area contributed by atoms with Gasteiger partial charge in [0.2, 0.25) is 0 Å². The van der Waals surface area contributed by atoms with Crippen molar-refractivity contribution in [2.45, 2.75) is 0 Å². The first kappa shape index (κ1) is 10.7. The summed E-state index contributed by atoms with van der Waals surface area (Å²) in [4.78, 5) is 7.19. The van der Waals surface area contributed by atoms with E-state index < -0.39 is 0 Å². The van der Waals surface area contributed by atoms with E-state index in [0.29, 0.717) is 4.73 Å². The molecule has 3 nitrogen and oxygen atoms in total. The summed E-state index contributed by atoms with van der Waals surface area (Å²) in [6, 6.07) is 5.83. The number of halogens is 2. The highest BCUT2D eigenvalue weighted by molar-refractivity contribution is 9.10. The first-order chi connectivity index (χ1) is 7.20. The molecule has 0 saturated carbocycles. The zero-order valence-electron chi connectivity index (χ0n) is 7.92. The van der Waals surface area contributed by atoms with Crippen LogP contribution in [0.4, 0.5) is 0 Å². The molecule has 15 heavy (non-hydrogen) atoms. The number of rotatable bonds is 2. The van der Waals surface area contributed by atoms with Crippen LogP contribution in [0.15, 0.2) is 33.6 Å². The molecule has 0 radical (unpaired) electrons. The molecular weight excluding hydrogens is 324 g/mol. The lowest BCUT2D eigenvalue weighted by molar-refractivity contribution is 0.416. The maximum atomic E-state index is 5.28. The Labute approximate surface area is 104 Å². The SMILES string of the molecule is COc1ccc(Br)cc1-c1cnc(Br)[nH]1. The highest BCUT2D eigenvalue weighted by atomic mass is 79.9. The van der Waals surface area contributed by atoms with Gasteiger partial charge in [0.15, 0.2) is 4.73 Å². The fourth-order valence-electron chi connectivity index (χ4n) is 1.32. The lowest BCUT2D eigenvalue weighted by atomic mass is 10.1. The van der Waals surface area contributed by atoms with Gasteiger partial charge in [0.1, 0.15) is 5.75 Å². The molecule has 0 aliphatic carbocycles.